The van der Waals surface area contributed by atoms with Crippen LogP contribution >= 0.6 is 15.9 Å². The van der Waals surface area contributed by atoms with E-state index in [9.17, 15) is 9.59 Å². The van der Waals surface area contributed by atoms with Crippen LogP contribution in [0.5, 0.6) is 0 Å². The number of urea groups is 1. The number of hydrogen-bond acceptors (Lipinski definition) is 3. The highest BCUT2D eigenvalue weighted by Crippen LogP contribution is 2.27. The quantitative estimate of drug-likeness (QED) is 0.573. The SMILES string of the molecule is Cc1cc(Br)ccc1NC(=O)N[C@H]1N=C(c2ccccc2)c2ccccc2N(C)C1=O. The van der Waals surface area contributed by atoms with Gasteiger partial charge in [0.15, 0.2) is 0 Å². The number of para-hydroxylation sites is 1. The zero-order valence-corrected chi connectivity index (χ0v) is 18.7. The second-order valence-corrected chi connectivity index (χ2v) is 8.13. The van der Waals surface area contributed by atoms with Gasteiger partial charge < -0.3 is 15.5 Å². The Morgan fingerprint density at radius 3 is 2.48 bits per heavy atom. The minimum atomic E-state index is -1.07. The zero-order valence-electron chi connectivity index (χ0n) is 17.1. The highest BCUT2D eigenvalue weighted by Gasteiger charge is 2.31. The van der Waals surface area contributed by atoms with Crippen LogP contribution in [0, 0.1) is 6.92 Å². The molecule has 0 saturated carbocycles. The zero-order chi connectivity index (χ0) is 22.0. The minimum absolute atomic E-state index is 0.318. The number of anilines is 2. The molecule has 1 atom stereocenters. The summed E-state index contributed by atoms with van der Waals surface area (Å²) in [5, 5.41) is 5.53. The highest BCUT2D eigenvalue weighted by molar-refractivity contribution is 9.10. The standard InChI is InChI=1S/C24H21BrN4O2/c1-15-14-17(25)12-13-19(15)26-24(31)28-22-23(30)29(2)20-11-7-6-10-18(20)21(27-22)16-8-4-3-5-9-16/h3-14,22H,1-2H3,(H2,26,28,31)/t22-/m1/s1. The van der Waals surface area contributed by atoms with Gasteiger partial charge in [-0.3, -0.25) is 4.79 Å². The van der Waals surface area contributed by atoms with Gasteiger partial charge in [-0.1, -0.05) is 64.5 Å². The van der Waals surface area contributed by atoms with Crippen LogP contribution in [-0.2, 0) is 4.79 Å². The van der Waals surface area contributed by atoms with E-state index in [2.05, 4.69) is 31.6 Å². The summed E-state index contributed by atoms with van der Waals surface area (Å²) < 4.78 is 0.923. The number of hydrogen-bond donors (Lipinski definition) is 2. The largest absolute Gasteiger partial charge is 0.321 e. The Labute approximate surface area is 189 Å². The van der Waals surface area contributed by atoms with Gasteiger partial charge in [0.05, 0.1) is 11.4 Å². The van der Waals surface area contributed by atoms with Gasteiger partial charge in [-0.15, -0.1) is 0 Å². The lowest BCUT2D eigenvalue weighted by atomic mass is 10.0. The Balaban J connectivity index is 1.68. The summed E-state index contributed by atoms with van der Waals surface area (Å²) in [5.41, 5.74) is 4.65. The fourth-order valence-corrected chi connectivity index (χ4v) is 3.97. The molecule has 156 valence electrons. The number of benzene rings is 3. The molecule has 0 bridgehead atoms. The number of likely N-dealkylation sites (N-methyl/N-ethyl adjacent to an activating group) is 1. The normalized spacial score (nSPS) is 15.6. The van der Waals surface area contributed by atoms with E-state index in [1.807, 2.05) is 73.7 Å². The van der Waals surface area contributed by atoms with Gasteiger partial charge in [-0.2, -0.15) is 0 Å². The van der Waals surface area contributed by atoms with Crippen molar-refractivity contribution >= 4 is 45.0 Å². The van der Waals surface area contributed by atoms with E-state index in [1.165, 1.54) is 4.90 Å². The van der Waals surface area contributed by atoms with E-state index in [-0.39, 0.29) is 5.91 Å². The van der Waals surface area contributed by atoms with Crippen molar-refractivity contribution in [3.63, 3.8) is 0 Å². The van der Waals surface area contributed by atoms with Crippen molar-refractivity contribution in [1.29, 1.82) is 0 Å². The number of aliphatic imine (C=N–C) groups is 1. The van der Waals surface area contributed by atoms with Crippen LogP contribution in [0.1, 0.15) is 16.7 Å². The Morgan fingerprint density at radius 1 is 1.03 bits per heavy atom. The van der Waals surface area contributed by atoms with E-state index in [4.69, 9.17) is 0 Å². The minimum Gasteiger partial charge on any atom is -0.311 e. The molecular weight excluding hydrogens is 456 g/mol. The molecule has 7 heteroatoms. The third kappa shape index (κ3) is 4.36. The van der Waals surface area contributed by atoms with Crippen molar-refractivity contribution in [2.24, 2.45) is 4.99 Å². The third-order valence-electron chi connectivity index (χ3n) is 5.09. The Hall–Kier alpha value is -3.45. The molecule has 1 aliphatic heterocycles. The molecule has 3 amide bonds. The fraction of sp³-hybridized carbons (Fsp3) is 0.125. The molecular formula is C24H21BrN4O2. The second-order valence-electron chi connectivity index (χ2n) is 7.22. The van der Waals surface area contributed by atoms with Crippen LogP contribution in [-0.4, -0.2) is 30.9 Å². The summed E-state index contributed by atoms with van der Waals surface area (Å²) in [4.78, 5) is 32.1. The number of carbonyl (C=O) groups excluding carboxylic acids is 2. The summed E-state index contributed by atoms with van der Waals surface area (Å²) in [6.45, 7) is 1.90. The van der Waals surface area contributed by atoms with E-state index in [0.29, 0.717) is 11.4 Å². The molecule has 0 radical (unpaired) electrons. The summed E-state index contributed by atoms with van der Waals surface area (Å²) in [6.07, 6.45) is -1.07. The summed E-state index contributed by atoms with van der Waals surface area (Å²) in [7, 11) is 1.69. The van der Waals surface area contributed by atoms with Gasteiger partial charge in [-0.05, 0) is 36.8 Å². The van der Waals surface area contributed by atoms with Gasteiger partial charge in [0.25, 0.3) is 5.91 Å². The Morgan fingerprint density at radius 2 is 1.74 bits per heavy atom. The number of nitrogens with zero attached hydrogens (tertiary/aromatic N) is 2. The van der Waals surface area contributed by atoms with Gasteiger partial charge >= 0.3 is 6.03 Å². The molecule has 1 heterocycles. The first-order chi connectivity index (χ1) is 14.9. The second kappa shape index (κ2) is 8.73. The number of benzodiazepines with no additional fused rings is 1. The van der Waals surface area contributed by atoms with Crippen molar-refractivity contribution in [3.8, 4) is 0 Å². The number of aryl methyl sites for hydroxylation is 1. The molecule has 1 aliphatic rings. The van der Waals surface area contributed by atoms with Crippen LogP contribution in [0.4, 0.5) is 16.2 Å². The van der Waals surface area contributed by atoms with E-state index >= 15 is 0 Å². The number of halogens is 1. The number of nitrogens with one attached hydrogen (secondary N) is 2. The molecule has 0 spiro atoms. The predicted octanol–water partition coefficient (Wildman–Crippen LogP) is 4.72. The molecule has 0 fully saturated rings. The van der Waals surface area contributed by atoms with Crippen molar-refractivity contribution in [2.45, 2.75) is 13.1 Å². The molecule has 3 aromatic carbocycles. The Bertz CT molecular complexity index is 1180. The molecule has 3 aromatic rings. The van der Waals surface area contributed by atoms with Crippen LogP contribution < -0.4 is 15.5 Å². The van der Waals surface area contributed by atoms with Crippen molar-refractivity contribution in [3.05, 3.63) is 94.0 Å². The van der Waals surface area contributed by atoms with Crippen LogP contribution in [0.25, 0.3) is 0 Å². The number of rotatable bonds is 3. The van der Waals surface area contributed by atoms with Gasteiger partial charge in [0.1, 0.15) is 0 Å². The monoisotopic (exact) mass is 476 g/mol. The maximum Gasteiger partial charge on any atom is 0.321 e. The number of fused-ring (bicyclic) bond motifs is 1. The average Bonchev–Trinajstić information content (AvgIpc) is 2.87. The van der Waals surface area contributed by atoms with E-state index in [0.717, 1.165) is 26.9 Å². The summed E-state index contributed by atoms with van der Waals surface area (Å²) in [6, 6.07) is 22.3. The first-order valence-electron chi connectivity index (χ1n) is 9.78. The molecule has 2 N–H and O–H groups in total. The lowest BCUT2D eigenvalue weighted by Crippen LogP contribution is -2.47. The molecule has 0 aromatic heterocycles. The first kappa shape index (κ1) is 20.8. The maximum atomic E-state index is 13.2. The molecule has 6 nitrogen and oxygen atoms in total. The maximum absolute atomic E-state index is 13.2. The Kier molecular flexibility index (Phi) is 5.86. The topological polar surface area (TPSA) is 73.8 Å². The van der Waals surface area contributed by atoms with Crippen molar-refractivity contribution in [1.82, 2.24) is 5.32 Å². The number of carbonyl (C=O) groups is 2. The summed E-state index contributed by atoms with van der Waals surface area (Å²) in [5.74, 6) is -0.318. The third-order valence-corrected chi connectivity index (χ3v) is 5.59. The van der Waals surface area contributed by atoms with Crippen LogP contribution in [0.3, 0.4) is 0 Å². The van der Waals surface area contributed by atoms with Gasteiger partial charge in [-0.25, -0.2) is 9.79 Å². The van der Waals surface area contributed by atoms with E-state index < -0.39 is 12.2 Å². The molecule has 31 heavy (non-hydrogen) atoms. The first-order valence-corrected chi connectivity index (χ1v) is 10.6. The van der Waals surface area contributed by atoms with Crippen LogP contribution in [0.2, 0.25) is 0 Å². The molecule has 0 unspecified atom stereocenters. The van der Waals surface area contributed by atoms with E-state index in [1.54, 1.807) is 13.1 Å². The fourth-order valence-electron chi connectivity index (χ4n) is 3.49. The van der Waals surface area contributed by atoms with Crippen molar-refractivity contribution < 1.29 is 9.59 Å². The van der Waals surface area contributed by atoms with Gasteiger partial charge in [0, 0.05) is 28.3 Å². The lowest BCUT2D eigenvalue weighted by molar-refractivity contribution is -0.119. The molecule has 4 rings (SSSR count). The summed E-state index contributed by atoms with van der Waals surface area (Å²) >= 11 is 3.41. The number of amides is 3. The lowest BCUT2D eigenvalue weighted by Gasteiger charge is -2.21. The average molecular weight is 477 g/mol. The smallest absolute Gasteiger partial charge is 0.311 e. The van der Waals surface area contributed by atoms with Crippen molar-refractivity contribution in [2.75, 3.05) is 17.3 Å². The molecule has 0 aliphatic carbocycles. The highest BCUT2D eigenvalue weighted by atomic mass is 79.9. The molecule has 0 saturated heterocycles. The van der Waals surface area contributed by atoms with Crippen LogP contribution in [0.15, 0.2) is 82.3 Å². The van der Waals surface area contributed by atoms with Gasteiger partial charge in [0.2, 0.25) is 6.17 Å². The predicted molar refractivity (Wildman–Crippen MR) is 127 cm³/mol.